The van der Waals surface area contributed by atoms with Crippen LogP contribution in [0.4, 0.5) is 10.5 Å². The van der Waals surface area contributed by atoms with Gasteiger partial charge in [0.15, 0.2) is 6.61 Å². The van der Waals surface area contributed by atoms with Gasteiger partial charge in [-0.25, -0.2) is 9.59 Å². The van der Waals surface area contributed by atoms with Crippen LogP contribution >= 0.6 is 0 Å². The summed E-state index contributed by atoms with van der Waals surface area (Å²) in [6.07, 6.45) is 1.34. The van der Waals surface area contributed by atoms with Gasteiger partial charge in [0.05, 0.1) is 12.1 Å². The van der Waals surface area contributed by atoms with Crippen molar-refractivity contribution in [1.29, 1.82) is 0 Å². The lowest BCUT2D eigenvalue weighted by Gasteiger charge is -2.26. The fourth-order valence-corrected chi connectivity index (χ4v) is 5.48. The van der Waals surface area contributed by atoms with Crippen LogP contribution in [0.3, 0.4) is 0 Å². The second kappa shape index (κ2) is 18.6. The predicted molar refractivity (Wildman–Crippen MR) is 197 cm³/mol. The Balaban J connectivity index is 1.05. The van der Waals surface area contributed by atoms with Gasteiger partial charge >= 0.3 is 12.1 Å². The maximum Gasteiger partial charge on any atom is 0.534 e. The minimum atomic E-state index is -1.20. The summed E-state index contributed by atoms with van der Waals surface area (Å²) in [6.45, 7) is 5.90. The summed E-state index contributed by atoms with van der Waals surface area (Å²) in [5, 5.41) is 3.13. The van der Waals surface area contributed by atoms with E-state index in [2.05, 4.69) is 16.7 Å². The second-order valence-corrected chi connectivity index (χ2v) is 12.0. The number of hydroxylamine groups is 2. The molecule has 0 atom stereocenters. The van der Waals surface area contributed by atoms with Crippen LogP contribution < -0.4 is 19.7 Å². The number of ether oxygens (including phenoxy) is 3. The number of aryl methyl sites for hydroxylation is 1. The van der Waals surface area contributed by atoms with Crippen molar-refractivity contribution in [2.24, 2.45) is 0 Å². The fraction of sp³-hybridized carbons (Fsp3) is 0.220. The van der Waals surface area contributed by atoms with E-state index >= 15 is 0 Å². The molecule has 0 radical (unpaired) electrons. The van der Waals surface area contributed by atoms with Crippen molar-refractivity contribution >= 4 is 47.5 Å². The molecule has 1 aliphatic rings. The van der Waals surface area contributed by atoms with Crippen LogP contribution in [-0.4, -0.2) is 54.0 Å². The number of hydrogen-bond donors (Lipinski definition) is 1. The fourth-order valence-electron chi connectivity index (χ4n) is 5.48. The second-order valence-electron chi connectivity index (χ2n) is 12.0. The van der Waals surface area contributed by atoms with Gasteiger partial charge in [-0.1, -0.05) is 79.2 Å². The van der Waals surface area contributed by atoms with E-state index in [9.17, 15) is 28.8 Å². The molecule has 1 saturated heterocycles. The van der Waals surface area contributed by atoms with Crippen molar-refractivity contribution in [3.05, 3.63) is 131 Å². The van der Waals surface area contributed by atoms with Gasteiger partial charge in [0.25, 0.3) is 17.7 Å². The summed E-state index contributed by atoms with van der Waals surface area (Å²) in [5.41, 5.74) is 4.53. The molecule has 0 saturated carbocycles. The first-order valence-electron chi connectivity index (χ1n) is 17.2. The summed E-state index contributed by atoms with van der Waals surface area (Å²) < 4.78 is 15.9. The molecular weight excluding hydrogens is 694 g/mol. The molecule has 0 bridgehead atoms. The lowest BCUT2D eigenvalue weighted by molar-refractivity contribution is -0.177. The number of carbonyl (C=O) groups excluding carboxylic acids is 6. The Morgan fingerprint density at radius 2 is 1.48 bits per heavy atom. The summed E-state index contributed by atoms with van der Waals surface area (Å²) in [7, 11) is 0. The zero-order valence-electron chi connectivity index (χ0n) is 29.7. The molecule has 1 aliphatic heterocycles. The largest absolute Gasteiger partial charge is 0.534 e. The van der Waals surface area contributed by atoms with Gasteiger partial charge in [-0.05, 0) is 71.1 Å². The Kier molecular flexibility index (Phi) is 13.3. The number of benzene rings is 4. The molecule has 4 aromatic carbocycles. The van der Waals surface area contributed by atoms with Crippen LogP contribution in [-0.2, 0) is 48.3 Å². The van der Waals surface area contributed by atoms with E-state index in [1.807, 2.05) is 55.5 Å². The van der Waals surface area contributed by atoms with Crippen LogP contribution in [0.25, 0.3) is 6.08 Å². The monoisotopic (exact) mass is 733 g/mol. The molecule has 13 heteroatoms. The Labute approximate surface area is 312 Å². The highest BCUT2D eigenvalue weighted by molar-refractivity contribution is 6.01. The first kappa shape index (κ1) is 38.5. The van der Waals surface area contributed by atoms with E-state index in [4.69, 9.17) is 14.2 Å². The van der Waals surface area contributed by atoms with Gasteiger partial charge < -0.3 is 24.4 Å². The van der Waals surface area contributed by atoms with Crippen molar-refractivity contribution < 1.29 is 47.8 Å². The van der Waals surface area contributed by atoms with Crippen LogP contribution in [0.5, 0.6) is 11.5 Å². The van der Waals surface area contributed by atoms with E-state index in [0.717, 1.165) is 28.8 Å². The van der Waals surface area contributed by atoms with Crippen LogP contribution in [0, 0.1) is 0 Å². The highest BCUT2D eigenvalue weighted by Gasteiger charge is 2.33. The smallest absolute Gasteiger partial charge is 0.484 e. The van der Waals surface area contributed by atoms with E-state index < -0.39 is 29.8 Å². The molecule has 0 unspecified atom stereocenters. The van der Waals surface area contributed by atoms with Crippen molar-refractivity contribution in [2.45, 2.75) is 45.8 Å². The standard InChI is InChI=1S/C41H39N3O10/c1-3-29-9-5-6-11-32(29)25-43(35-12-8-7-10-30(35)4-2)37(46)23-24-42-36(45)27-51-33-19-15-31(16-20-33)40(49)53-34-17-13-28(14-18-34)26-52-41(50)54-44-38(47)21-22-39(44)48/h3,5-20H,1,4,21-27H2,2H3,(H,42,45). The highest BCUT2D eigenvalue weighted by atomic mass is 16.8. The molecule has 0 aliphatic carbocycles. The third-order valence-electron chi connectivity index (χ3n) is 8.35. The van der Waals surface area contributed by atoms with Gasteiger partial charge in [-0.15, -0.1) is 0 Å². The van der Waals surface area contributed by atoms with Crippen molar-refractivity contribution in [3.8, 4) is 11.5 Å². The minimum Gasteiger partial charge on any atom is -0.484 e. The zero-order valence-corrected chi connectivity index (χ0v) is 29.7. The average molecular weight is 734 g/mol. The van der Waals surface area contributed by atoms with Gasteiger partial charge in [0.2, 0.25) is 5.91 Å². The highest BCUT2D eigenvalue weighted by Crippen LogP contribution is 2.25. The van der Waals surface area contributed by atoms with Crippen LogP contribution in [0.15, 0.2) is 104 Å². The Morgan fingerprint density at radius 3 is 2.17 bits per heavy atom. The number of imide groups is 1. The molecular formula is C41H39N3O10. The van der Waals surface area contributed by atoms with Crippen LogP contribution in [0.2, 0.25) is 0 Å². The first-order chi connectivity index (χ1) is 26.1. The minimum absolute atomic E-state index is 0.0296. The maximum absolute atomic E-state index is 13.5. The maximum atomic E-state index is 13.5. The summed E-state index contributed by atoms with van der Waals surface area (Å²) >= 11 is 0. The number of carbonyl (C=O) groups is 6. The molecule has 13 nitrogen and oxygen atoms in total. The van der Waals surface area contributed by atoms with Crippen molar-refractivity contribution in [3.63, 3.8) is 0 Å². The number of anilines is 1. The van der Waals surface area contributed by atoms with Gasteiger partial charge in [0.1, 0.15) is 18.1 Å². The van der Waals surface area contributed by atoms with E-state index in [0.29, 0.717) is 22.9 Å². The summed E-state index contributed by atoms with van der Waals surface area (Å²) in [6, 6.07) is 27.7. The Morgan fingerprint density at radius 1 is 0.833 bits per heavy atom. The molecule has 278 valence electrons. The van der Waals surface area contributed by atoms with Gasteiger partial charge in [-0.3, -0.25) is 24.0 Å². The third-order valence-corrected chi connectivity index (χ3v) is 8.35. The average Bonchev–Trinajstić information content (AvgIpc) is 3.51. The molecule has 1 N–H and O–H groups in total. The van der Waals surface area contributed by atoms with E-state index in [-0.39, 0.29) is 56.2 Å². The van der Waals surface area contributed by atoms with Gasteiger partial charge in [-0.2, -0.15) is 0 Å². The van der Waals surface area contributed by atoms with Crippen molar-refractivity contribution in [1.82, 2.24) is 10.4 Å². The molecule has 0 spiro atoms. The molecule has 4 aromatic rings. The number of hydrogen-bond acceptors (Lipinski definition) is 10. The SMILES string of the molecule is C=Cc1ccccc1CN(C(=O)CCNC(=O)COc1ccc(C(=O)Oc2ccc(COC(=O)ON3C(=O)CCC3=O)cc2)cc1)c1ccccc1CC. The molecule has 1 heterocycles. The van der Waals surface area contributed by atoms with Crippen molar-refractivity contribution in [2.75, 3.05) is 18.1 Å². The number of para-hydroxylation sites is 1. The lowest BCUT2D eigenvalue weighted by Crippen LogP contribution is -2.36. The molecule has 4 amide bonds. The van der Waals surface area contributed by atoms with Crippen LogP contribution in [0.1, 0.15) is 58.8 Å². The lowest BCUT2D eigenvalue weighted by atomic mass is 10.0. The summed E-state index contributed by atoms with van der Waals surface area (Å²) in [4.78, 5) is 80.1. The first-order valence-corrected chi connectivity index (χ1v) is 17.2. The number of nitrogens with one attached hydrogen (secondary N) is 1. The zero-order chi connectivity index (χ0) is 38.5. The molecule has 0 aromatic heterocycles. The Hall–Kier alpha value is -6.76. The number of esters is 1. The Bertz CT molecular complexity index is 1990. The number of amides is 4. The topological polar surface area (TPSA) is 158 Å². The summed E-state index contributed by atoms with van der Waals surface area (Å²) in [5.74, 6) is -1.84. The number of rotatable bonds is 16. The molecule has 54 heavy (non-hydrogen) atoms. The predicted octanol–water partition coefficient (Wildman–Crippen LogP) is 5.95. The number of nitrogens with zero attached hydrogens (tertiary/aromatic N) is 2. The quantitative estimate of drug-likeness (QED) is 0.0830. The normalized spacial score (nSPS) is 12.1. The molecule has 1 fully saturated rings. The van der Waals surface area contributed by atoms with Gasteiger partial charge in [0, 0.05) is 31.5 Å². The molecule has 5 rings (SSSR count). The third kappa shape index (κ3) is 10.4. The van der Waals surface area contributed by atoms with E-state index in [1.54, 1.807) is 23.1 Å². The van der Waals surface area contributed by atoms with E-state index in [1.165, 1.54) is 36.4 Å².